The van der Waals surface area contributed by atoms with E-state index in [-0.39, 0.29) is 47.2 Å². The van der Waals surface area contributed by atoms with Gasteiger partial charge < -0.3 is 23.7 Å². The van der Waals surface area contributed by atoms with Crippen molar-refractivity contribution < 1.29 is 47.7 Å². The highest BCUT2D eigenvalue weighted by Gasteiger charge is 2.26. The molecule has 38 heavy (non-hydrogen) atoms. The number of benzene rings is 2. The zero-order valence-corrected chi connectivity index (χ0v) is 21.5. The van der Waals surface area contributed by atoms with Gasteiger partial charge >= 0.3 is 29.8 Å². The van der Waals surface area contributed by atoms with E-state index >= 15 is 0 Å². The zero-order valence-electron chi connectivity index (χ0n) is 21.5. The standard InChI is InChI=1S/C28H30O10/c1-17(29)36-24-13-23(14-25(37-18(2)30)26(24)38-19(3)31)28(33)35-16-21-11-9-20(10-12-21)15-34-27(32)22-7-5-4-6-8-22/h4-8,13-14,20-21H,9-12,15-16H2,1-3H3. The van der Waals surface area contributed by atoms with Crippen LogP contribution in [0.4, 0.5) is 0 Å². The normalized spacial score (nSPS) is 16.6. The predicted octanol–water partition coefficient (Wildman–Crippen LogP) is 4.28. The van der Waals surface area contributed by atoms with Gasteiger partial charge in [0, 0.05) is 20.8 Å². The monoisotopic (exact) mass is 526 g/mol. The second-order valence-corrected chi connectivity index (χ2v) is 9.03. The van der Waals surface area contributed by atoms with Crippen LogP contribution in [0.5, 0.6) is 17.2 Å². The van der Waals surface area contributed by atoms with Gasteiger partial charge in [0.15, 0.2) is 11.5 Å². The molecule has 3 rings (SSSR count). The molecule has 0 saturated heterocycles. The van der Waals surface area contributed by atoms with E-state index in [0.29, 0.717) is 12.2 Å². The van der Waals surface area contributed by atoms with E-state index in [4.69, 9.17) is 23.7 Å². The molecule has 1 fully saturated rings. The average molecular weight is 527 g/mol. The van der Waals surface area contributed by atoms with Crippen LogP contribution in [0.1, 0.15) is 67.2 Å². The molecule has 0 unspecified atom stereocenters. The minimum atomic E-state index is -0.743. The van der Waals surface area contributed by atoms with Gasteiger partial charge in [-0.25, -0.2) is 9.59 Å². The van der Waals surface area contributed by atoms with Crippen molar-refractivity contribution in [1.82, 2.24) is 0 Å². The third kappa shape index (κ3) is 8.43. The van der Waals surface area contributed by atoms with Crippen LogP contribution in [0.2, 0.25) is 0 Å². The Labute approximate surface area is 220 Å². The molecule has 10 heteroatoms. The van der Waals surface area contributed by atoms with Crippen molar-refractivity contribution in [2.45, 2.75) is 46.5 Å². The number of carbonyl (C=O) groups excluding carboxylic acids is 5. The SMILES string of the molecule is CC(=O)Oc1cc(C(=O)OCC2CCC(COC(=O)c3ccccc3)CC2)cc(OC(C)=O)c1OC(C)=O. The number of hydrogen-bond donors (Lipinski definition) is 0. The van der Waals surface area contributed by atoms with Gasteiger partial charge in [-0.15, -0.1) is 0 Å². The Morgan fingerprint density at radius 2 is 1.05 bits per heavy atom. The first-order valence-corrected chi connectivity index (χ1v) is 12.2. The molecule has 1 aliphatic rings. The molecule has 2 aromatic rings. The topological polar surface area (TPSA) is 132 Å². The number of carbonyl (C=O) groups is 5. The fourth-order valence-corrected chi connectivity index (χ4v) is 4.09. The summed E-state index contributed by atoms with van der Waals surface area (Å²) in [5, 5.41) is 0. The van der Waals surface area contributed by atoms with Crippen molar-refractivity contribution >= 4 is 29.8 Å². The van der Waals surface area contributed by atoms with Crippen molar-refractivity contribution in [3.63, 3.8) is 0 Å². The summed E-state index contributed by atoms with van der Waals surface area (Å²) in [4.78, 5) is 59.6. The first-order valence-electron chi connectivity index (χ1n) is 12.2. The van der Waals surface area contributed by atoms with Crippen LogP contribution in [0.25, 0.3) is 0 Å². The van der Waals surface area contributed by atoms with Gasteiger partial charge in [0.25, 0.3) is 0 Å². The maximum Gasteiger partial charge on any atom is 0.338 e. The number of rotatable bonds is 9. The molecule has 0 radical (unpaired) electrons. The summed E-state index contributed by atoms with van der Waals surface area (Å²) in [6, 6.07) is 11.2. The summed E-state index contributed by atoms with van der Waals surface area (Å²) < 4.78 is 26.2. The van der Waals surface area contributed by atoms with Gasteiger partial charge in [-0.1, -0.05) is 18.2 Å². The molecule has 0 spiro atoms. The Bertz CT molecular complexity index is 1140. The average Bonchev–Trinajstić information content (AvgIpc) is 2.87. The van der Waals surface area contributed by atoms with E-state index in [1.54, 1.807) is 24.3 Å². The van der Waals surface area contributed by atoms with Crippen molar-refractivity contribution in [1.29, 1.82) is 0 Å². The molecule has 0 N–H and O–H groups in total. The largest absolute Gasteiger partial charge is 0.462 e. The highest BCUT2D eigenvalue weighted by atomic mass is 16.6. The molecule has 0 bridgehead atoms. The minimum Gasteiger partial charge on any atom is -0.462 e. The van der Waals surface area contributed by atoms with Crippen LogP contribution < -0.4 is 14.2 Å². The van der Waals surface area contributed by atoms with Gasteiger partial charge in [-0.3, -0.25) is 14.4 Å². The number of ether oxygens (including phenoxy) is 5. The Morgan fingerprint density at radius 1 is 0.632 bits per heavy atom. The molecule has 10 nitrogen and oxygen atoms in total. The number of esters is 5. The molecule has 0 heterocycles. The summed E-state index contributed by atoms with van der Waals surface area (Å²) >= 11 is 0. The van der Waals surface area contributed by atoms with Crippen LogP contribution >= 0.6 is 0 Å². The third-order valence-electron chi connectivity index (χ3n) is 5.89. The second kappa shape index (κ2) is 13.4. The zero-order chi connectivity index (χ0) is 27.7. The highest BCUT2D eigenvalue weighted by Crippen LogP contribution is 2.40. The van der Waals surface area contributed by atoms with E-state index in [0.717, 1.165) is 46.5 Å². The van der Waals surface area contributed by atoms with Crippen molar-refractivity contribution in [3.8, 4) is 17.2 Å². The molecular weight excluding hydrogens is 496 g/mol. The molecule has 0 amide bonds. The highest BCUT2D eigenvalue weighted by molar-refractivity contribution is 5.92. The first-order chi connectivity index (χ1) is 18.1. The van der Waals surface area contributed by atoms with Crippen LogP contribution in [-0.2, 0) is 23.9 Å². The Kier molecular flexibility index (Phi) is 9.98. The fourth-order valence-electron chi connectivity index (χ4n) is 4.09. The molecule has 1 saturated carbocycles. The lowest BCUT2D eigenvalue weighted by molar-refractivity contribution is -0.135. The predicted molar refractivity (Wildman–Crippen MR) is 133 cm³/mol. The molecular formula is C28H30O10. The van der Waals surface area contributed by atoms with Gasteiger partial charge in [0.1, 0.15) is 0 Å². The van der Waals surface area contributed by atoms with E-state index in [9.17, 15) is 24.0 Å². The van der Waals surface area contributed by atoms with E-state index in [2.05, 4.69) is 0 Å². The Morgan fingerprint density at radius 3 is 1.47 bits per heavy atom. The van der Waals surface area contributed by atoms with Gasteiger partial charge in [-0.05, 0) is 61.8 Å². The Balaban J connectivity index is 1.57. The van der Waals surface area contributed by atoms with Crippen molar-refractivity contribution in [2.24, 2.45) is 11.8 Å². The van der Waals surface area contributed by atoms with Crippen LogP contribution in [-0.4, -0.2) is 43.1 Å². The third-order valence-corrected chi connectivity index (χ3v) is 5.89. The summed E-state index contributed by atoms with van der Waals surface area (Å²) in [5.74, 6) is -3.73. The molecule has 0 aliphatic heterocycles. The van der Waals surface area contributed by atoms with Crippen LogP contribution in [0.15, 0.2) is 42.5 Å². The van der Waals surface area contributed by atoms with Gasteiger partial charge in [-0.2, -0.15) is 0 Å². The lowest BCUT2D eigenvalue weighted by atomic mass is 9.83. The molecule has 202 valence electrons. The summed E-state index contributed by atoms with van der Waals surface area (Å²) in [6.07, 6.45) is 3.25. The smallest absolute Gasteiger partial charge is 0.338 e. The maximum absolute atomic E-state index is 12.8. The van der Waals surface area contributed by atoms with Crippen molar-refractivity contribution in [2.75, 3.05) is 13.2 Å². The molecule has 1 aliphatic carbocycles. The quantitative estimate of drug-likeness (QED) is 0.344. The van der Waals surface area contributed by atoms with E-state index in [1.807, 2.05) is 6.07 Å². The lowest BCUT2D eigenvalue weighted by Gasteiger charge is -2.27. The van der Waals surface area contributed by atoms with E-state index in [1.165, 1.54) is 12.1 Å². The Hall–Kier alpha value is -4.21. The maximum atomic E-state index is 12.8. The van der Waals surface area contributed by atoms with Gasteiger partial charge in [0.05, 0.1) is 24.3 Å². The van der Waals surface area contributed by atoms with Crippen molar-refractivity contribution in [3.05, 3.63) is 53.6 Å². The fraction of sp³-hybridized carbons (Fsp3) is 0.393. The first kappa shape index (κ1) is 28.4. The van der Waals surface area contributed by atoms with Gasteiger partial charge in [0.2, 0.25) is 5.75 Å². The molecule has 2 aromatic carbocycles. The molecule has 0 aromatic heterocycles. The second-order valence-electron chi connectivity index (χ2n) is 9.03. The van der Waals surface area contributed by atoms with E-state index < -0.39 is 23.9 Å². The molecule has 0 atom stereocenters. The summed E-state index contributed by atoms with van der Waals surface area (Å²) in [5.41, 5.74) is 0.470. The minimum absolute atomic E-state index is 0.0464. The lowest BCUT2D eigenvalue weighted by Crippen LogP contribution is -2.24. The summed E-state index contributed by atoms with van der Waals surface area (Å²) in [6.45, 7) is 3.89. The summed E-state index contributed by atoms with van der Waals surface area (Å²) in [7, 11) is 0. The number of hydrogen-bond acceptors (Lipinski definition) is 10. The van der Waals surface area contributed by atoms with Crippen LogP contribution in [0, 0.1) is 11.8 Å². The van der Waals surface area contributed by atoms with Crippen LogP contribution in [0.3, 0.4) is 0 Å².